The van der Waals surface area contributed by atoms with Crippen molar-refractivity contribution in [2.75, 3.05) is 6.61 Å². The molecule has 2 heterocycles. The van der Waals surface area contributed by atoms with Gasteiger partial charge in [-0.2, -0.15) is 0 Å². The van der Waals surface area contributed by atoms with Gasteiger partial charge in [-0.1, -0.05) is 77.9 Å². The minimum absolute atomic E-state index is 0.296. The van der Waals surface area contributed by atoms with Crippen molar-refractivity contribution in [2.24, 2.45) is 0 Å². The zero-order valence-electron chi connectivity index (χ0n) is 20.9. The molecule has 5 rings (SSSR count). The first-order valence-corrected chi connectivity index (χ1v) is 12.8. The van der Waals surface area contributed by atoms with Crippen molar-refractivity contribution >= 4 is 12.2 Å². The number of benzene rings is 3. The van der Waals surface area contributed by atoms with Crippen LogP contribution in [0.2, 0.25) is 0 Å². The minimum atomic E-state index is -0.518. The van der Waals surface area contributed by atoms with Gasteiger partial charge in [-0.25, -0.2) is 4.79 Å². The van der Waals surface area contributed by atoms with Crippen molar-refractivity contribution < 1.29 is 14.2 Å². The highest BCUT2D eigenvalue weighted by Gasteiger charge is 2.39. The largest absolute Gasteiger partial charge is 0.491 e. The van der Waals surface area contributed by atoms with E-state index in [1.54, 1.807) is 4.57 Å². The average Bonchev–Trinajstić information content (AvgIpc) is 3.29. The second-order valence-corrected chi connectivity index (χ2v) is 9.85. The smallest absolute Gasteiger partial charge is 0.328 e. The first-order valence-electron chi connectivity index (χ1n) is 12.4. The van der Waals surface area contributed by atoms with Gasteiger partial charge >= 0.3 is 5.69 Å². The summed E-state index contributed by atoms with van der Waals surface area (Å²) in [6, 6.07) is 25.9. The molecule has 3 aromatic carbocycles. The Hall–Kier alpha value is -3.68. The number of aryl methyl sites for hydroxylation is 2. The molecule has 1 aromatic heterocycles. The van der Waals surface area contributed by atoms with Crippen molar-refractivity contribution in [2.45, 2.75) is 45.1 Å². The van der Waals surface area contributed by atoms with Gasteiger partial charge in [-0.15, -0.1) is 0 Å². The predicted octanol–water partition coefficient (Wildman–Crippen LogP) is 5.93. The van der Waals surface area contributed by atoms with E-state index in [0.29, 0.717) is 24.1 Å². The van der Waals surface area contributed by atoms with Crippen LogP contribution in [0.1, 0.15) is 34.9 Å². The van der Waals surface area contributed by atoms with Gasteiger partial charge in [0.25, 0.3) is 0 Å². The highest BCUT2D eigenvalue weighted by Crippen LogP contribution is 2.32. The summed E-state index contributed by atoms with van der Waals surface area (Å²) in [5.41, 5.74) is 3.99. The number of nitrogens with one attached hydrogen (secondary N) is 1. The van der Waals surface area contributed by atoms with Crippen LogP contribution in [0.5, 0.6) is 11.5 Å². The Balaban J connectivity index is 1.39. The number of nitrogens with zero attached hydrogens (tertiary/aromatic N) is 1. The molecule has 1 N–H and O–H groups in total. The zero-order chi connectivity index (χ0) is 25.8. The summed E-state index contributed by atoms with van der Waals surface area (Å²) in [6.07, 6.45) is 1.73. The van der Waals surface area contributed by atoms with Crippen LogP contribution in [-0.4, -0.2) is 28.4 Å². The molecule has 0 radical (unpaired) electrons. The van der Waals surface area contributed by atoms with Crippen LogP contribution in [0.3, 0.4) is 0 Å². The van der Waals surface area contributed by atoms with Crippen LogP contribution >= 0.6 is 12.2 Å². The molecule has 0 spiro atoms. The Labute approximate surface area is 221 Å². The van der Waals surface area contributed by atoms with E-state index in [1.807, 2.05) is 98.9 Å². The topological polar surface area (TPSA) is 65.5 Å². The lowest BCUT2D eigenvalue weighted by molar-refractivity contribution is -0.0372. The average molecular weight is 515 g/mol. The highest BCUT2D eigenvalue weighted by molar-refractivity contribution is 7.71. The lowest BCUT2D eigenvalue weighted by atomic mass is 10.1. The summed E-state index contributed by atoms with van der Waals surface area (Å²) in [6.45, 7) is 4.37. The fraction of sp³-hybridized carbons (Fsp3) is 0.267. The molecule has 0 saturated carbocycles. The molecule has 0 aliphatic carbocycles. The Morgan fingerprint density at radius 2 is 1.59 bits per heavy atom. The lowest BCUT2D eigenvalue weighted by Gasteiger charge is -2.20. The minimum Gasteiger partial charge on any atom is -0.491 e. The van der Waals surface area contributed by atoms with Gasteiger partial charge in [-0.3, -0.25) is 9.55 Å². The zero-order valence-corrected chi connectivity index (χ0v) is 21.7. The van der Waals surface area contributed by atoms with Gasteiger partial charge in [0, 0.05) is 24.6 Å². The molecule has 1 aliphatic heterocycles. The SMILES string of the molecule is Cc1ccc(OC[C@H]2O[C@H](n3cc(Cc4ccccc4)c(=S)[nH]c3=O)C[C@@H]2Oc2ccc(C)cc2)cc1. The molecule has 6 nitrogen and oxygen atoms in total. The van der Waals surface area contributed by atoms with E-state index in [9.17, 15) is 4.79 Å². The van der Waals surface area contributed by atoms with Gasteiger partial charge in [0.15, 0.2) is 0 Å². The van der Waals surface area contributed by atoms with E-state index in [1.165, 1.54) is 0 Å². The van der Waals surface area contributed by atoms with Crippen molar-refractivity contribution in [1.29, 1.82) is 0 Å². The number of ether oxygens (including phenoxy) is 3. The second-order valence-electron chi connectivity index (χ2n) is 9.44. The van der Waals surface area contributed by atoms with Crippen molar-refractivity contribution in [1.82, 2.24) is 9.55 Å². The third-order valence-corrected chi connectivity index (χ3v) is 6.88. The Bertz CT molecular complexity index is 1450. The van der Waals surface area contributed by atoms with Gasteiger partial charge < -0.3 is 14.2 Å². The quantitative estimate of drug-likeness (QED) is 0.295. The molecule has 0 amide bonds. The van der Waals surface area contributed by atoms with Crippen LogP contribution in [0.4, 0.5) is 0 Å². The number of aromatic amines is 1. The van der Waals surface area contributed by atoms with E-state index >= 15 is 0 Å². The number of rotatable bonds is 8. The molecule has 1 saturated heterocycles. The first kappa shape index (κ1) is 25.0. The molecular formula is C30H30N2O4S. The van der Waals surface area contributed by atoms with Crippen LogP contribution in [0.15, 0.2) is 89.9 Å². The molecule has 4 aromatic rings. The first-order chi connectivity index (χ1) is 17.9. The number of hydrogen-bond acceptors (Lipinski definition) is 5. The summed E-state index contributed by atoms with van der Waals surface area (Å²) >= 11 is 5.47. The van der Waals surface area contributed by atoms with E-state index in [0.717, 1.165) is 33.8 Å². The van der Waals surface area contributed by atoms with Gasteiger partial charge in [0.05, 0.1) is 0 Å². The van der Waals surface area contributed by atoms with Crippen LogP contribution in [0, 0.1) is 18.5 Å². The summed E-state index contributed by atoms with van der Waals surface area (Å²) in [4.78, 5) is 15.8. The van der Waals surface area contributed by atoms with E-state index in [4.69, 9.17) is 26.4 Å². The van der Waals surface area contributed by atoms with Crippen molar-refractivity contribution in [3.8, 4) is 11.5 Å². The molecule has 0 bridgehead atoms. The summed E-state index contributed by atoms with van der Waals surface area (Å²) in [5.74, 6) is 1.52. The Kier molecular flexibility index (Phi) is 7.53. The molecule has 1 fully saturated rings. The van der Waals surface area contributed by atoms with E-state index in [-0.39, 0.29) is 17.9 Å². The highest BCUT2D eigenvalue weighted by atomic mass is 32.1. The van der Waals surface area contributed by atoms with Crippen LogP contribution in [-0.2, 0) is 11.2 Å². The number of H-pyrrole nitrogens is 1. The number of aromatic nitrogens is 2. The maximum Gasteiger partial charge on any atom is 0.328 e. The molecule has 0 unspecified atom stereocenters. The fourth-order valence-corrected chi connectivity index (χ4v) is 4.64. The second kappa shape index (κ2) is 11.2. The standard InChI is InChI=1S/C30H30N2O4S/c1-20-8-12-24(13-9-20)34-19-27-26(35-25-14-10-21(2)11-15-25)17-28(36-27)32-18-23(29(37)31-30(32)33)16-22-6-4-3-5-7-22/h3-15,18,26-28H,16-17,19H2,1-2H3,(H,31,33,37)/t26-,27+,28-/m0/s1. The van der Waals surface area contributed by atoms with Gasteiger partial charge in [0.1, 0.15) is 41.2 Å². The van der Waals surface area contributed by atoms with Crippen molar-refractivity contribution in [3.05, 3.63) is 122 Å². The maximum absolute atomic E-state index is 12.9. The van der Waals surface area contributed by atoms with Crippen molar-refractivity contribution in [3.63, 3.8) is 0 Å². The molecular weight excluding hydrogens is 484 g/mol. The predicted molar refractivity (Wildman–Crippen MR) is 146 cm³/mol. The Morgan fingerprint density at radius 3 is 2.27 bits per heavy atom. The lowest BCUT2D eigenvalue weighted by Crippen LogP contribution is -2.32. The normalized spacial score (nSPS) is 19.0. The molecule has 1 aliphatic rings. The molecule has 37 heavy (non-hydrogen) atoms. The third kappa shape index (κ3) is 6.18. The monoisotopic (exact) mass is 514 g/mol. The number of hydrogen-bond donors (Lipinski definition) is 1. The summed E-state index contributed by atoms with van der Waals surface area (Å²) in [5, 5.41) is 0. The molecule has 7 heteroatoms. The van der Waals surface area contributed by atoms with Crippen LogP contribution in [0.25, 0.3) is 0 Å². The maximum atomic E-state index is 12.9. The summed E-state index contributed by atoms with van der Waals surface area (Å²) in [7, 11) is 0. The van der Waals surface area contributed by atoms with E-state index in [2.05, 4.69) is 4.98 Å². The molecule has 190 valence electrons. The van der Waals surface area contributed by atoms with Gasteiger partial charge in [-0.05, 0) is 43.7 Å². The molecule has 3 atom stereocenters. The Morgan fingerprint density at radius 1 is 0.946 bits per heavy atom. The summed E-state index contributed by atoms with van der Waals surface area (Å²) < 4.78 is 20.8. The van der Waals surface area contributed by atoms with E-state index < -0.39 is 6.23 Å². The van der Waals surface area contributed by atoms with Crippen LogP contribution < -0.4 is 15.2 Å². The third-order valence-electron chi connectivity index (χ3n) is 6.51. The fourth-order valence-electron chi connectivity index (χ4n) is 4.43. The van der Waals surface area contributed by atoms with Gasteiger partial charge in [0.2, 0.25) is 0 Å².